The number of hydrogen-bond acceptors (Lipinski definition) is 3. The molecule has 2 heterocycles. The van der Waals surface area contributed by atoms with E-state index in [2.05, 4.69) is 17.1 Å². The van der Waals surface area contributed by atoms with Crippen molar-refractivity contribution in [3.8, 4) is 17.0 Å². The summed E-state index contributed by atoms with van der Waals surface area (Å²) in [5.74, 6) is 1.01. The first-order valence-electron chi connectivity index (χ1n) is 6.26. The lowest BCUT2D eigenvalue weighted by Gasteiger charge is -2.06. The molecule has 1 aromatic heterocycles. The molecule has 1 aliphatic rings. The molecule has 2 N–H and O–H groups in total. The Morgan fingerprint density at radius 1 is 1.44 bits per heavy atom. The zero-order chi connectivity index (χ0) is 12.5. The molecule has 0 amide bonds. The fourth-order valence-electron chi connectivity index (χ4n) is 2.46. The summed E-state index contributed by atoms with van der Waals surface area (Å²) in [5, 5.41) is 0. The molecule has 1 aliphatic heterocycles. The van der Waals surface area contributed by atoms with Crippen molar-refractivity contribution < 1.29 is 4.74 Å². The molecule has 0 aliphatic carbocycles. The summed E-state index contributed by atoms with van der Waals surface area (Å²) < 4.78 is 7.57. The van der Waals surface area contributed by atoms with Gasteiger partial charge < -0.3 is 15.0 Å². The van der Waals surface area contributed by atoms with Gasteiger partial charge in [-0.1, -0.05) is 0 Å². The second kappa shape index (κ2) is 4.46. The fraction of sp³-hybridized carbons (Fsp3) is 0.357. The van der Waals surface area contributed by atoms with Crippen molar-refractivity contribution in [3.63, 3.8) is 0 Å². The van der Waals surface area contributed by atoms with Gasteiger partial charge in [0.2, 0.25) is 0 Å². The lowest BCUT2D eigenvalue weighted by Crippen LogP contribution is -2.07. The zero-order valence-electron chi connectivity index (χ0n) is 10.5. The third-order valence-corrected chi connectivity index (χ3v) is 3.40. The normalized spacial score (nSPS) is 13.4. The van der Waals surface area contributed by atoms with E-state index in [1.54, 1.807) is 0 Å². The average Bonchev–Trinajstić information content (AvgIpc) is 2.97. The predicted molar refractivity (Wildman–Crippen MR) is 70.6 cm³/mol. The van der Waals surface area contributed by atoms with Crippen LogP contribution < -0.4 is 10.5 Å². The Bertz CT molecular complexity index is 574. The van der Waals surface area contributed by atoms with E-state index in [9.17, 15) is 0 Å². The molecule has 0 saturated heterocycles. The Hall–Kier alpha value is -1.81. The van der Waals surface area contributed by atoms with E-state index in [-0.39, 0.29) is 0 Å². The van der Waals surface area contributed by atoms with Crippen LogP contribution in [-0.2, 0) is 19.9 Å². The van der Waals surface area contributed by atoms with E-state index in [4.69, 9.17) is 10.5 Å². The Labute approximate surface area is 106 Å². The molecule has 18 heavy (non-hydrogen) atoms. The average molecular weight is 243 g/mol. The summed E-state index contributed by atoms with van der Waals surface area (Å²) in [4.78, 5) is 4.50. The molecule has 0 saturated carbocycles. The minimum Gasteiger partial charge on any atom is -0.493 e. The molecule has 0 fully saturated rings. The quantitative estimate of drug-likeness (QED) is 0.889. The summed E-state index contributed by atoms with van der Waals surface area (Å²) in [5.41, 5.74) is 10.3. The number of ether oxygens (including phenoxy) is 1. The summed E-state index contributed by atoms with van der Waals surface area (Å²) in [6.07, 6.45) is 3.69. The molecule has 3 rings (SSSR count). The van der Waals surface area contributed by atoms with E-state index < -0.39 is 0 Å². The lowest BCUT2D eigenvalue weighted by molar-refractivity contribution is 0.357. The van der Waals surface area contributed by atoms with Gasteiger partial charge in [0, 0.05) is 31.1 Å². The summed E-state index contributed by atoms with van der Waals surface area (Å²) >= 11 is 0. The smallest absolute Gasteiger partial charge is 0.122 e. The topological polar surface area (TPSA) is 53.1 Å². The number of nitrogens with two attached hydrogens (primary N) is 1. The van der Waals surface area contributed by atoms with Crippen molar-refractivity contribution in [1.82, 2.24) is 9.55 Å². The number of benzene rings is 1. The summed E-state index contributed by atoms with van der Waals surface area (Å²) in [6.45, 7) is 1.43. The molecule has 0 spiro atoms. The van der Waals surface area contributed by atoms with Crippen LogP contribution in [0.2, 0.25) is 0 Å². The number of rotatable bonds is 3. The van der Waals surface area contributed by atoms with Crippen LogP contribution in [0.15, 0.2) is 24.5 Å². The fourth-order valence-corrected chi connectivity index (χ4v) is 2.46. The van der Waals surface area contributed by atoms with Gasteiger partial charge in [-0.15, -0.1) is 0 Å². The molecule has 2 aromatic rings. The number of nitrogens with zero attached hydrogens (tertiary/aromatic N) is 2. The minimum absolute atomic E-state index is 0.639. The van der Waals surface area contributed by atoms with Crippen LogP contribution in [0, 0.1) is 0 Å². The first-order chi connectivity index (χ1) is 8.79. The number of imidazole rings is 1. The van der Waals surface area contributed by atoms with Crippen LogP contribution in [-0.4, -0.2) is 22.7 Å². The third-order valence-electron chi connectivity index (χ3n) is 3.40. The molecule has 0 atom stereocenters. The van der Waals surface area contributed by atoms with E-state index in [1.807, 2.05) is 24.0 Å². The highest BCUT2D eigenvalue weighted by molar-refractivity contribution is 5.65. The van der Waals surface area contributed by atoms with Crippen LogP contribution in [0.1, 0.15) is 11.3 Å². The van der Waals surface area contributed by atoms with Crippen molar-refractivity contribution in [2.75, 3.05) is 13.2 Å². The Morgan fingerprint density at radius 2 is 2.33 bits per heavy atom. The summed E-state index contributed by atoms with van der Waals surface area (Å²) in [7, 11) is 2.01. The van der Waals surface area contributed by atoms with Crippen LogP contribution in [0.4, 0.5) is 0 Å². The highest BCUT2D eigenvalue weighted by Crippen LogP contribution is 2.31. The van der Waals surface area contributed by atoms with Gasteiger partial charge >= 0.3 is 0 Å². The standard InChI is InChI=1S/C14H17N3O/c1-17-9-16-14(12(17)4-6-15)11-2-3-13-10(8-11)5-7-18-13/h2-3,8-9H,4-7,15H2,1H3. The van der Waals surface area contributed by atoms with Crippen molar-refractivity contribution >= 4 is 0 Å². The van der Waals surface area contributed by atoms with Crippen LogP contribution in [0.25, 0.3) is 11.3 Å². The molecule has 4 heteroatoms. The van der Waals surface area contributed by atoms with Gasteiger partial charge in [0.1, 0.15) is 5.75 Å². The highest BCUT2D eigenvalue weighted by Gasteiger charge is 2.16. The Morgan fingerprint density at radius 3 is 3.17 bits per heavy atom. The van der Waals surface area contributed by atoms with E-state index in [1.165, 1.54) is 11.3 Å². The number of aromatic nitrogens is 2. The van der Waals surface area contributed by atoms with E-state index in [0.29, 0.717) is 6.54 Å². The maximum Gasteiger partial charge on any atom is 0.122 e. The van der Waals surface area contributed by atoms with Gasteiger partial charge in [-0.25, -0.2) is 4.98 Å². The van der Waals surface area contributed by atoms with Crippen molar-refractivity contribution in [3.05, 3.63) is 35.8 Å². The van der Waals surface area contributed by atoms with Crippen LogP contribution in [0.3, 0.4) is 0 Å². The highest BCUT2D eigenvalue weighted by atomic mass is 16.5. The zero-order valence-corrected chi connectivity index (χ0v) is 10.5. The molecule has 0 unspecified atom stereocenters. The number of hydrogen-bond donors (Lipinski definition) is 1. The minimum atomic E-state index is 0.639. The molecular formula is C14H17N3O. The van der Waals surface area contributed by atoms with Crippen molar-refractivity contribution in [1.29, 1.82) is 0 Å². The second-order valence-corrected chi connectivity index (χ2v) is 4.61. The Kier molecular flexibility index (Phi) is 2.80. The van der Waals surface area contributed by atoms with Gasteiger partial charge in [0.05, 0.1) is 18.6 Å². The first-order valence-corrected chi connectivity index (χ1v) is 6.26. The molecule has 0 radical (unpaired) electrons. The lowest BCUT2D eigenvalue weighted by atomic mass is 10.0. The van der Waals surface area contributed by atoms with E-state index >= 15 is 0 Å². The SMILES string of the molecule is Cn1cnc(-c2ccc3c(c2)CCO3)c1CCN. The first kappa shape index (κ1) is 11.3. The molecule has 1 aromatic carbocycles. The largest absolute Gasteiger partial charge is 0.493 e. The van der Waals surface area contributed by atoms with Crippen LogP contribution in [0.5, 0.6) is 5.75 Å². The van der Waals surface area contributed by atoms with E-state index in [0.717, 1.165) is 36.5 Å². The van der Waals surface area contributed by atoms with Gasteiger partial charge in [0.15, 0.2) is 0 Å². The monoisotopic (exact) mass is 243 g/mol. The van der Waals surface area contributed by atoms with Crippen molar-refractivity contribution in [2.24, 2.45) is 12.8 Å². The number of aryl methyl sites for hydroxylation is 1. The molecule has 0 bridgehead atoms. The maximum absolute atomic E-state index is 5.66. The van der Waals surface area contributed by atoms with Gasteiger partial charge in [-0.05, 0) is 30.3 Å². The summed E-state index contributed by atoms with van der Waals surface area (Å²) in [6, 6.07) is 6.30. The van der Waals surface area contributed by atoms with Gasteiger partial charge in [-0.3, -0.25) is 0 Å². The van der Waals surface area contributed by atoms with Gasteiger partial charge in [0.25, 0.3) is 0 Å². The van der Waals surface area contributed by atoms with Gasteiger partial charge in [-0.2, -0.15) is 0 Å². The van der Waals surface area contributed by atoms with Crippen molar-refractivity contribution in [2.45, 2.75) is 12.8 Å². The predicted octanol–water partition coefficient (Wildman–Crippen LogP) is 1.52. The Balaban J connectivity index is 2.04. The molecule has 4 nitrogen and oxygen atoms in total. The second-order valence-electron chi connectivity index (χ2n) is 4.61. The maximum atomic E-state index is 5.66. The molecule has 94 valence electrons. The van der Waals surface area contributed by atoms with Crippen LogP contribution >= 0.6 is 0 Å². The number of fused-ring (bicyclic) bond motifs is 1. The molecular weight excluding hydrogens is 226 g/mol. The third kappa shape index (κ3) is 1.78.